The van der Waals surface area contributed by atoms with Crippen LogP contribution < -0.4 is 0 Å². The summed E-state index contributed by atoms with van der Waals surface area (Å²) in [4.78, 5) is 14.3. The van der Waals surface area contributed by atoms with E-state index in [0.29, 0.717) is 25.2 Å². The van der Waals surface area contributed by atoms with Gasteiger partial charge in [0.25, 0.3) is 0 Å². The SMILES string of the molecule is CC(C)(C)OC(=O)N1C2C=C(c3cc(F)cc(C#N)c3)CC1COC2. The van der Waals surface area contributed by atoms with Gasteiger partial charge in [-0.1, -0.05) is 6.08 Å². The summed E-state index contributed by atoms with van der Waals surface area (Å²) in [5.41, 5.74) is 1.32. The van der Waals surface area contributed by atoms with Crippen molar-refractivity contribution in [3.63, 3.8) is 0 Å². The van der Waals surface area contributed by atoms with Crippen LogP contribution in [0.25, 0.3) is 5.57 Å². The number of ether oxygens (including phenoxy) is 2. The number of benzene rings is 1. The van der Waals surface area contributed by atoms with Gasteiger partial charge in [-0.2, -0.15) is 5.26 Å². The van der Waals surface area contributed by atoms with Crippen molar-refractivity contribution in [1.82, 2.24) is 4.90 Å². The van der Waals surface area contributed by atoms with Crippen LogP contribution in [0, 0.1) is 17.1 Å². The molecule has 132 valence electrons. The van der Waals surface area contributed by atoms with Crippen LogP contribution in [0.15, 0.2) is 24.3 Å². The molecule has 0 aliphatic carbocycles. The molecule has 25 heavy (non-hydrogen) atoms. The van der Waals surface area contributed by atoms with Gasteiger partial charge in [-0.25, -0.2) is 9.18 Å². The van der Waals surface area contributed by atoms with Crippen molar-refractivity contribution in [3.8, 4) is 6.07 Å². The molecule has 0 spiro atoms. The van der Waals surface area contributed by atoms with Crippen LogP contribution in [0.4, 0.5) is 9.18 Å². The molecule has 0 N–H and O–H groups in total. The number of amides is 1. The topological polar surface area (TPSA) is 62.6 Å². The molecule has 2 aliphatic rings. The Labute approximate surface area is 146 Å². The first-order valence-electron chi connectivity index (χ1n) is 8.27. The standard InChI is InChI=1S/C19H21FN2O3/c1-19(2,3)25-18(23)22-16-7-14(8-17(22)11-24-10-16)13-4-12(9-21)5-15(20)6-13/h4-7,16-17H,8,10-11H2,1-3H3. The van der Waals surface area contributed by atoms with Crippen molar-refractivity contribution in [3.05, 3.63) is 41.2 Å². The van der Waals surface area contributed by atoms with E-state index in [1.54, 1.807) is 11.0 Å². The Balaban J connectivity index is 1.90. The normalized spacial score (nSPS) is 22.8. The van der Waals surface area contributed by atoms with E-state index >= 15 is 0 Å². The molecule has 0 saturated carbocycles. The lowest BCUT2D eigenvalue weighted by Crippen LogP contribution is -2.57. The van der Waals surface area contributed by atoms with Crippen LogP contribution in [-0.4, -0.2) is 41.9 Å². The van der Waals surface area contributed by atoms with Crippen LogP contribution in [0.2, 0.25) is 0 Å². The van der Waals surface area contributed by atoms with E-state index < -0.39 is 11.4 Å². The van der Waals surface area contributed by atoms with Gasteiger partial charge in [0.15, 0.2) is 0 Å². The molecular weight excluding hydrogens is 323 g/mol. The Morgan fingerprint density at radius 2 is 2.12 bits per heavy atom. The van der Waals surface area contributed by atoms with Crippen molar-refractivity contribution >= 4 is 11.7 Å². The van der Waals surface area contributed by atoms with E-state index in [1.165, 1.54) is 12.1 Å². The lowest BCUT2D eigenvalue weighted by molar-refractivity contribution is -0.0510. The second kappa shape index (κ2) is 6.49. The Kier molecular flexibility index (Phi) is 4.53. The third-order valence-electron chi connectivity index (χ3n) is 4.20. The minimum Gasteiger partial charge on any atom is -0.444 e. The van der Waals surface area contributed by atoms with Crippen LogP contribution in [-0.2, 0) is 9.47 Å². The predicted octanol–water partition coefficient (Wildman–Crippen LogP) is 3.49. The molecule has 1 fully saturated rings. The van der Waals surface area contributed by atoms with Gasteiger partial charge in [0.1, 0.15) is 11.4 Å². The van der Waals surface area contributed by atoms with Gasteiger partial charge in [-0.05, 0) is 56.5 Å². The molecule has 1 aromatic rings. The quantitative estimate of drug-likeness (QED) is 0.782. The molecule has 0 aromatic heterocycles. The van der Waals surface area contributed by atoms with Crippen LogP contribution in [0.1, 0.15) is 38.3 Å². The number of nitrogens with zero attached hydrogens (tertiary/aromatic N) is 2. The largest absolute Gasteiger partial charge is 0.444 e. The average molecular weight is 344 g/mol. The first-order chi connectivity index (χ1) is 11.8. The van der Waals surface area contributed by atoms with E-state index in [9.17, 15) is 9.18 Å². The number of halogens is 1. The zero-order valence-electron chi connectivity index (χ0n) is 14.6. The highest BCUT2D eigenvalue weighted by atomic mass is 19.1. The summed E-state index contributed by atoms with van der Waals surface area (Å²) >= 11 is 0. The number of nitriles is 1. The Morgan fingerprint density at radius 3 is 2.76 bits per heavy atom. The molecule has 0 radical (unpaired) electrons. The minimum atomic E-state index is -0.569. The molecule has 5 nitrogen and oxygen atoms in total. The monoisotopic (exact) mass is 344 g/mol. The third-order valence-corrected chi connectivity index (χ3v) is 4.20. The molecule has 1 saturated heterocycles. The maximum Gasteiger partial charge on any atom is 0.411 e. The fourth-order valence-electron chi connectivity index (χ4n) is 3.25. The molecule has 6 heteroatoms. The highest BCUT2D eigenvalue weighted by Gasteiger charge is 2.40. The molecule has 2 unspecified atom stereocenters. The summed E-state index contributed by atoms with van der Waals surface area (Å²) in [6, 6.07) is 5.86. The maximum absolute atomic E-state index is 13.8. The number of fused-ring (bicyclic) bond motifs is 2. The minimum absolute atomic E-state index is 0.164. The number of rotatable bonds is 1. The summed E-state index contributed by atoms with van der Waals surface area (Å²) in [6.07, 6.45) is 2.08. The molecule has 2 aliphatic heterocycles. The second-order valence-electron chi connectivity index (χ2n) is 7.38. The van der Waals surface area contributed by atoms with E-state index in [4.69, 9.17) is 14.7 Å². The van der Waals surface area contributed by atoms with Crippen LogP contribution >= 0.6 is 0 Å². The van der Waals surface area contributed by atoms with E-state index in [2.05, 4.69) is 0 Å². The molecule has 2 bridgehead atoms. The summed E-state index contributed by atoms with van der Waals surface area (Å²) < 4.78 is 24.9. The van der Waals surface area contributed by atoms with Gasteiger partial charge < -0.3 is 9.47 Å². The number of hydrogen-bond acceptors (Lipinski definition) is 4. The molecule has 1 aromatic carbocycles. The van der Waals surface area contributed by atoms with Gasteiger partial charge in [-0.3, -0.25) is 4.90 Å². The van der Waals surface area contributed by atoms with Crippen molar-refractivity contribution < 1.29 is 18.7 Å². The van der Waals surface area contributed by atoms with Gasteiger partial charge >= 0.3 is 6.09 Å². The van der Waals surface area contributed by atoms with Crippen LogP contribution in [0.3, 0.4) is 0 Å². The number of hydrogen-bond donors (Lipinski definition) is 0. The number of carbonyl (C=O) groups excluding carboxylic acids is 1. The highest BCUT2D eigenvalue weighted by molar-refractivity contribution is 5.75. The van der Waals surface area contributed by atoms with Crippen molar-refractivity contribution in [1.29, 1.82) is 5.26 Å². The number of carbonyl (C=O) groups is 1. The van der Waals surface area contributed by atoms with E-state index in [1.807, 2.05) is 32.9 Å². The van der Waals surface area contributed by atoms with Gasteiger partial charge in [-0.15, -0.1) is 0 Å². The Morgan fingerprint density at radius 1 is 1.36 bits per heavy atom. The lowest BCUT2D eigenvalue weighted by atomic mass is 9.89. The Bertz CT molecular complexity index is 761. The second-order valence-corrected chi connectivity index (χ2v) is 7.38. The summed E-state index contributed by atoms with van der Waals surface area (Å²) in [6.45, 7) is 6.28. The predicted molar refractivity (Wildman–Crippen MR) is 90.2 cm³/mol. The first kappa shape index (κ1) is 17.4. The van der Waals surface area contributed by atoms with Crippen LogP contribution in [0.5, 0.6) is 0 Å². The van der Waals surface area contributed by atoms with Gasteiger partial charge in [0.05, 0.1) is 36.9 Å². The summed E-state index contributed by atoms with van der Waals surface area (Å²) in [5.74, 6) is -0.439. The molecule has 1 amide bonds. The van der Waals surface area contributed by atoms with Gasteiger partial charge in [0, 0.05) is 0 Å². The zero-order chi connectivity index (χ0) is 18.2. The molecule has 2 heterocycles. The fraction of sp³-hybridized carbons (Fsp3) is 0.474. The van der Waals surface area contributed by atoms with E-state index in [0.717, 1.165) is 5.57 Å². The Hall–Kier alpha value is -2.39. The molecule has 3 rings (SSSR count). The first-order valence-corrected chi connectivity index (χ1v) is 8.27. The fourth-order valence-corrected chi connectivity index (χ4v) is 3.25. The highest BCUT2D eigenvalue weighted by Crippen LogP contribution is 2.34. The van der Waals surface area contributed by atoms with Crippen molar-refractivity contribution in [2.24, 2.45) is 0 Å². The smallest absolute Gasteiger partial charge is 0.411 e. The summed E-state index contributed by atoms with van der Waals surface area (Å²) in [7, 11) is 0. The van der Waals surface area contributed by atoms with Crippen molar-refractivity contribution in [2.45, 2.75) is 44.9 Å². The van der Waals surface area contributed by atoms with E-state index in [-0.39, 0.29) is 23.7 Å². The average Bonchev–Trinajstić information content (AvgIpc) is 2.51. The third kappa shape index (κ3) is 3.83. The number of morpholine rings is 1. The summed E-state index contributed by atoms with van der Waals surface area (Å²) in [5, 5.41) is 9.04. The molecular formula is C19H21FN2O3. The lowest BCUT2D eigenvalue weighted by Gasteiger charge is -2.44. The van der Waals surface area contributed by atoms with Crippen molar-refractivity contribution in [2.75, 3.05) is 13.2 Å². The molecule has 2 atom stereocenters. The van der Waals surface area contributed by atoms with Gasteiger partial charge in [0.2, 0.25) is 0 Å². The maximum atomic E-state index is 13.8. The zero-order valence-corrected chi connectivity index (χ0v) is 14.6.